The SMILES string of the molecule is COCCNCc1ccc(OC)c(SC)c1. The van der Waals surface area contributed by atoms with Gasteiger partial charge in [-0.2, -0.15) is 0 Å². The minimum absolute atomic E-state index is 0.742. The van der Waals surface area contributed by atoms with Crippen LogP contribution < -0.4 is 10.1 Å². The maximum Gasteiger partial charge on any atom is 0.132 e. The lowest BCUT2D eigenvalue weighted by Gasteiger charge is -2.09. The highest BCUT2D eigenvalue weighted by atomic mass is 32.2. The van der Waals surface area contributed by atoms with Gasteiger partial charge in [0.25, 0.3) is 0 Å². The van der Waals surface area contributed by atoms with Crippen LogP contribution in [0.3, 0.4) is 0 Å². The van der Waals surface area contributed by atoms with Crippen LogP contribution in [0.1, 0.15) is 5.56 Å². The third kappa shape index (κ3) is 4.04. The highest BCUT2D eigenvalue weighted by Gasteiger charge is 2.02. The molecule has 16 heavy (non-hydrogen) atoms. The molecule has 1 aromatic rings. The Morgan fingerprint density at radius 1 is 1.31 bits per heavy atom. The summed E-state index contributed by atoms with van der Waals surface area (Å²) in [6.45, 7) is 2.48. The molecular weight excluding hydrogens is 222 g/mol. The fraction of sp³-hybridized carbons (Fsp3) is 0.500. The average molecular weight is 241 g/mol. The summed E-state index contributed by atoms with van der Waals surface area (Å²) in [6.07, 6.45) is 2.06. The number of rotatable bonds is 7. The lowest BCUT2D eigenvalue weighted by Crippen LogP contribution is -2.18. The zero-order valence-corrected chi connectivity index (χ0v) is 10.9. The summed E-state index contributed by atoms with van der Waals surface area (Å²) in [6, 6.07) is 6.25. The molecule has 0 amide bonds. The molecule has 1 aromatic carbocycles. The molecule has 0 fully saturated rings. The lowest BCUT2D eigenvalue weighted by atomic mass is 10.2. The van der Waals surface area contributed by atoms with Gasteiger partial charge in [0.1, 0.15) is 5.75 Å². The monoisotopic (exact) mass is 241 g/mol. The van der Waals surface area contributed by atoms with Crippen LogP contribution in [0, 0.1) is 0 Å². The number of methoxy groups -OCH3 is 2. The Kier molecular flexibility index (Phi) is 6.30. The molecule has 0 spiro atoms. The molecule has 0 aliphatic heterocycles. The Balaban J connectivity index is 2.54. The van der Waals surface area contributed by atoms with Crippen molar-refractivity contribution in [1.82, 2.24) is 5.32 Å². The van der Waals surface area contributed by atoms with Crippen molar-refractivity contribution in [3.05, 3.63) is 23.8 Å². The third-order valence-corrected chi connectivity index (χ3v) is 3.02. The Hall–Kier alpha value is -0.710. The van der Waals surface area contributed by atoms with E-state index in [0.29, 0.717) is 0 Å². The molecule has 0 bridgehead atoms. The van der Waals surface area contributed by atoms with Crippen LogP contribution in [0.5, 0.6) is 5.75 Å². The summed E-state index contributed by atoms with van der Waals surface area (Å²) in [5.74, 6) is 0.938. The van der Waals surface area contributed by atoms with Crippen molar-refractivity contribution in [2.75, 3.05) is 33.6 Å². The van der Waals surface area contributed by atoms with Crippen LogP contribution in [0.2, 0.25) is 0 Å². The van der Waals surface area contributed by atoms with Crippen LogP contribution in [-0.2, 0) is 11.3 Å². The van der Waals surface area contributed by atoms with Gasteiger partial charge in [0, 0.05) is 25.1 Å². The maximum absolute atomic E-state index is 5.27. The first kappa shape index (κ1) is 13.4. The van der Waals surface area contributed by atoms with Crippen molar-refractivity contribution in [1.29, 1.82) is 0 Å². The molecule has 0 atom stereocenters. The highest BCUT2D eigenvalue weighted by Crippen LogP contribution is 2.28. The minimum Gasteiger partial charge on any atom is -0.496 e. The van der Waals surface area contributed by atoms with Gasteiger partial charge in [-0.05, 0) is 24.0 Å². The second kappa shape index (κ2) is 7.54. The molecule has 90 valence electrons. The second-order valence-electron chi connectivity index (χ2n) is 3.36. The van der Waals surface area contributed by atoms with Crippen molar-refractivity contribution in [3.63, 3.8) is 0 Å². The summed E-state index contributed by atoms with van der Waals surface area (Å²) in [5.41, 5.74) is 1.27. The van der Waals surface area contributed by atoms with Gasteiger partial charge >= 0.3 is 0 Å². The zero-order valence-electron chi connectivity index (χ0n) is 10.1. The van der Waals surface area contributed by atoms with Crippen LogP contribution in [-0.4, -0.2) is 33.6 Å². The standard InChI is InChI=1S/C12H19NO2S/c1-14-7-6-13-9-10-4-5-11(15-2)12(8-10)16-3/h4-5,8,13H,6-7,9H2,1-3H3. The molecule has 0 heterocycles. The van der Waals surface area contributed by atoms with E-state index in [1.807, 2.05) is 6.07 Å². The summed E-state index contributed by atoms with van der Waals surface area (Å²) in [5, 5.41) is 3.32. The molecule has 0 saturated heterocycles. The number of benzene rings is 1. The van der Waals surface area contributed by atoms with Crippen LogP contribution >= 0.6 is 11.8 Å². The second-order valence-corrected chi connectivity index (χ2v) is 4.21. The first-order valence-electron chi connectivity index (χ1n) is 5.22. The van der Waals surface area contributed by atoms with E-state index in [2.05, 4.69) is 23.7 Å². The minimum atomic E-state index is 0.742. The van der Waals surface area contributed by atoms with E-state index in [9.17, 15) is 0 Å². The predicted molar refractivity (Wildman–Crippen MR) is 68.4 cm³/mol. The summed E-state index contributed by atoms with van der Waals surface area (Å²) in [7, 11) is 3.41. The molecule has 1 rings (SSSR count). The molecule has 1 N–H and O–H groups in total. The van der Waals surface area contributed by atoms with Crippen LogP contribution in [0.25, 0.3) is 0 Å². The Bertz CT molecular complexity index is 318. The molecule has 0 radical (unpaired) electrons. The van der Waals surface area contributed by atoms with Crippen molar-refractivity contribution in [3.8, 4) is 5.75 Å². The van der Waals surface area contributed by atoms with Crippen LogP contribution in [0.4, 0.5) is 0 Å². The van der Waals surface area contributed by atoms with Crippen molar-refractivity contribution >= 4 is 11.8 Å². The first-order chi connectivity index (χ1) is 7.81. The fourth-order valence-corrected chi connectivity index (χ4v) is 2.02. The molecular formula is C12H19NO2S. The Labute approximate surface area is 102 Å². The van der Waals surface area contributed by atoms with Crippen molar-refractivity contribution < 1.29 is 9.47 Å². The predicted octanol–water partition coefficient (Wildman–Crippen LogP) is 2.15. The van der Waals surface area contributed by atoms with Gasteiger partial charge in [-0.15, -0.1) is 11.8 Å². The van der Waals surface area contributed by atoms with E-state index in [4.69, 9.17) is 9.47 Å². The number of ether oxygens (including phenoxy) is 2. The number of nitrogens with one attached hydrogen (secondary N) is 1. The topological polar surface area (TPSA) is 30.5 Å². The summed E-state index contributed by atoms with van der Waals surface area (Å²) < 4.78 is 10.2. The van der Waals surface area contributed by atoms with Crippen molar-refractivity contribution in [2.45, 2.75) is 11.4 Å². The van der Waals surface area contributed by atoms with Gasteiger partial charge in [0.05, 0.1) is 13.7 Å². The van der Waals surface area contributed by atoms with Gasteiger partial charge in [-0.3, -0.25) is 0 Å². The van der Waals surface area contributed by atoms with Gasteiger partial charge in [-0.1, -0.05) is 6.07 Å². The molecule has 0 aromatic heterocycles. The lowest BCUT2D eigenvalue weighted by molar-refractivity contribution is 0.199. The molecule has 4 heteroatoms. The van der Waals surface area contributed by atoms with E-state index in [1.165, 1.54) is 10.5 Å². The number of hydrogen-bond acceptors (Lipinski definition) is 4. The molecule has 0 aliphatic rings. The van der Waals surface area contributed by atoms with Gasteiger partial charge in [0.15, 0.2) is 0 Å². The molecule has 0 unspecified atom stereocenters. The molecule has 0 saturated carbocycles. The Morgan fingerprint density at radius 3 is 2.75 bits per heavy atom. The zero-order chi connectivity index (χ0) is 11.8. The third-order valence-electron chi connectivity index (χ3n) is 2.26. The molecule has 0 aliphatic carbocycles. The number of hydrogen-bond donors (Lipinski definition) is 1. The van der Waals surface area contributed by atoms with Crippen molar-refractivity contribution in [2.24, 2.45) is 0 Å². The number of thioether (sulfide) groups is 1. The smallest absolute Gasteiger partial charge is 0.132 e. The summed E-state index contributed by atoms with van der Waals surface area (Å²) in [4.78, 5) is 1.17. The van der Waals surface area contributed by atoms with Crippen LogP contribution in [0.15, 0.2) is 23.1 Å². The van der Waals surface area contributed by atoms with E-state index in [1.54, 1.807) is 26.0 Å². The Morgan fingerprint density at radius 2 is 2.12 bits per heavy atom. The molecule has 3 nitrogen and oxygen atoms in total. The average Bonchev–Trinajstić information content (AvgIpc) is 2.34. The van der Waals surface area contributed by atoms with Gasteiger partial charge < -0.3 is 14.8 Å². The normalized spacial score (nSPS) is 10.4. The summed E-state index contributed by atoms with van der Waals surface area (Å²) >= 11 is 1.70. The first-order valence-corrected chi connectivity index (χ1v) is 6.45. The highest BCUT2D eigenvalue weighted by molar-refractivity contribution is 7.98. The quantitative estimate of drug-likeness (QED) is 0.585. The van der Waals surface area contributed by atoms with E-state index >= 15 is 0 Å². The van der Waals surface area contributed by atoms with E-state index in [0.717, 1.165) is 25.4 Å². The van der Waals surface area contributed by atoms with E-state index in [-0.39, 0.29) is 0 Å². The van der Waals surface area contributed by atoms with E-state index < -0.39 is 0 Å². The largest absolute Gasteiger partial charge is 0.496 e. The fourth-order valence-electron chi connectivity index (χ4n) is 1.40. The maximum atomic E-state index is 5.27. The van der Waals surface area contributed by atoms with Gasteiger partial charge in [-0.25, -0.2) is 0 Å². The van der Waals surface area contributed by atoms with Gasteiger partial charge in [0.2, 0.25) is 0 Å².